The lowest BCUT2D eigenvalue weighted by Crippen LogP contribution is -2.36. The topological polar surface area (TPSA) is 84.5 Å². The van der Waals surface area contributed by atoms with Crippen molar-refractivity contribution in [3.8, 4) is 0 Å². The molecule has 2 unspecified atom stereocenters. The molecule has 0 bridgehead atoms. The minimum atomic E-state index is -3.44. The van der Waals surface area contributed by atoms with Crippen molar-refractivity contribution < 1.29 is 17.9 Å². The molecule has 0 amide bonds. The van der Waals surface area contributed by atoms with Gasteiger partial charge in [0.1, 0.15) is 6.04 Å². The van der Waals surface area contributed by atoms with Crippen molar-refractivity contribution in [2.75, 3.05) is 26.5 Å². The summed E-state index contributed by atoms with van der Waals surface area (Å²) in [4.78, 5) is 12.6. The number of sulfonamides is 1. The lowest BCUT2D eigenvalue weighted by Gasteiger charge is -2.12. The van der Waals surface area contributed by atoms with Crippen molar-refractivity contribution in [3.63, 3.8) is 0 Å². The Labute approximate surface area is 141 Å². The molecule has 1 aromatic carbocycles. The fourth-order valence-corrected chi connectivity index (χ4v) is 4.30. The van der Waals surface area contributed by atoms with Crippen LogP contribution in [-0.4, -0.2) is 52.1 Å². The molecule has 23 heavy (non-hydrogen) atoms. The number of benzene rings is 1. The summed E-state index contributed by atoms with van der Waals surface area (Å²) < 4.78 is 31.8. The van der Waals surface area contributed by atoms with Gasteiger partial charge in [-0.25, -0.2) is 13.1 Å². The van der Waals surface area contributed by atoms with Gasteiger partial charge in [-0.15, -0.1) is 11.8 Å². The largest absolute Gasteiger partial charge is 0.468 e. The first-order valence-electron chi connectivity index (χ1n) is 7.39. The highest BCUT2D eigenvalue weighted by molar-refractivity contribution is 7.98. The Bertz CT molecular complexity index is 631. The van der Waals surface area contributed by atoms with Gasteiger partial charge in [0.2, 0.25) is 10.0 Å². The van der Waals surface area contributed by atoms with Crippen molar-refractivity contribution >= 4 is 27.8 Å². The molecule has 128 valence electrons. The molecule has 2 rings (SSSR count). The van der Waals surface area contributed by atoms with E-state index in [1.807, 2.05) is 30.5 Å². The van der Waals surface area contributed by atoms with Gasteiger partial charge < -0.3 is 10.1 Å². The molecule has 6 nitrogen and oxygen atoms in total. The van der Waals surface area contributed by atoms with Crippen LogP contribution in [0.3, 0.4) is 0 Å². The van der Waals surface area contributed by atoms with Crippen LogP contribution >= 0.6 is 11.8 Å². The summed E-state index contributed by atoms with van der Waals surface area (Å²) in [6, 6.07) is 7.52. The smallest absolute Gasteiger partial charge is 0.322 e. The Kier molecular flexibility index (Phi) is 6.46. The number of carbonyl (C=O) groups excluding carboxylic acids is 1. The third kappa shape index (κ3) is 4.94. The maximum atomic E-state index is 12.3. The third-order valence-corrected chi connectivity index (χ3v) is 6.48. The van der Waals surface area contributed by atoms with Crippen LogP contribution in [0.4, 0.5) is 0 Å². The molecule has 1 aromatic rings. The number of methoxy groups -OCH3 is 1. The molecule has 1 fully saturated rings. The van der Waals surface area contributed by atoms with Crippen LogP contribution in [0, 0.1) is 0 Å². The Morgan fingerprint density at radius 1 is 1.39 bits per heavy atom. The quantitative estimate of drug-likeness (QED) is 0.553. The van der Waals surface area contributed by atoms with Crippen LogP contribution in [0.25, 0.3) is 0 Å². The van der Waals surface area contributed by atoms with Gasteiger partial charge in [-0.05, 0) is 36.8 Å². The fourth-order valence-electron chi connectivity index (χ4n) is 2.51. The monoisotopic (exact) mass is 358 g/mol. The SMILES string of the molecule is COC(=O)C1CC(S(=O)(=O)NCCc2ccc(SC)cc2)CN1. The predicted molar refractivity (Wildman–Crippen MR) is 91.1 cm³/mol. The molecule has 8 heteroatoms. The maximum Gasteiger partial charge on any atom is 0.322 e. The highest BCUT2D eigenvalue weighted by Gasteiger charge is 2.37. The average Bonchev–Trinajstić information content (AvgIpc) is 3.05. The Morgan fingerprint density at radius 2 is 2.09 bits per heavy atom. The zero-order valence-corrected chi connectivity index (χ0v) is 14.9. The minimum absolute atomic E-state index is 0.241. The molecule has 0 spiro atoms. The third-order valence-electron chi connectivity index (χ3n) is 3.89. The molecule has 1 heterocycles. The average molecular weight is 358 g/mol. The summed E-state index contributed by atoms with van der Waals surface area (Å²) in [6.45, 7) is 0.609. The standard InChI is InChI=1S/C15H22N2O4S2/c1-21-15(18)14-9-13(10-16-14)23(19,20)17-8-7-11-3-5-12(22-2)6-4-11/h3-6,13-14,16-17H,7-10H2,1-2H3. The van der Waals surface area contributed by atoms with Gasteiger partial charge in [0, 0.05) is 18.0 Å². The van der Waals surface area contributed by atoms with E-state index in [0.717, 1.165) is 5.56 Å². The second-order valence-electron chi connectivity index (χ2n) is 5.38. The van der Waals surface area contributed by atoms with Crippen LogP contribution in [0.15, 0.2) is 29.2 Å². The lowest BCUT2D eigenvalue weighted by molar-refractivity contribution is -0.142. The first kappa shape index (κ1) is 18.3. The van der Waals surface area contributed by atoms with Crippen LogP contribution in [-0.2, 0) is 26.0 Å². The summed E-state index contributed by atoms with van der Waals surface area (Å²) in [5.74, 6) is -0.420. The molecule has 1 aliphatic rings. The number of thioether (sulfide) groups is 1. The van der Waals surface area contributed by atoms with E-state index in [9.17, 15) is 13.2 Å². The van der Waals surface area contributed by atoms with E-state index in [-0.39, 0.29) is 13.0 Å². The number of rotatable bonds is 7. The van der Waals surface area contributed by atoms with Gasteiger partial charge in [-0.1, -0.05) is 12.1 Å². The summed E-state index contributed by atoms with van der Waals surface area (Å²) in [7, 11) is -2.14. The van der Waals surface area contributed by atoms with Crippen molar-refractivity contribution in [2.24, 2.45) is 0 Å². The first-order valence-corrected chi connectivity index (χ1v) is 10.2. The zero-order chi connectivity index (χ0) is 16.9. The summed E-state index contributed by atoms with van der Waals surface area (Å²) >= 11 is 1.67. The number of nitrogens with one attached hydrogen (secondary N) is 2. The van der Waals surface area contributed by atoms with E-state index >= 15 is 0 Å². The van der Waals surface area contributed by atoms with E-state index in [1.165, 1.54) is 12.0 Å². The minimum Gasteiger partial charge on any atom is -0.468 e. The molecule has 2 atom stereocenters. The van der Waals surface area contributed by atoms with Crippen molar-refractivity contribution in [1.82, 2.24) is 10.0 Å². The summed E-state index contributed by atoms with van der Waals surface area (Å²) in [5, 5.41) is 2.28. The maximum absolute atomic E-state index is 12.3. The highest BCUT2D eigenvalue weighted by atomic mass is 32.2. The van der Waals surface area contributed by atoms with Crippen molar-refractivity contribution in [1.29, 1.82) is 0 Å². The number of ether oxygens (including phenoxy) is 1. The van der Waals surface area contributed by atoms with Gasteiger partial charge in [0.05, 0.1) is 12.4 Å². The number of hydrogen-bond acceptors (Lipinski definition) is 6. The van der Waals surface area contributed by atoms with E-state index in [1.54, 1.807) is 11.8 Å². The van der Waals surface area contributed by atoms with Gasteiger partial charge in [0.25, 0.3) is 0 Å². The fraction of sp³-hybridized carbons (Fsp3) is 0.533. The van der Waals surface area contributed by atoms with E-state index in [0.29, 0.717) is 13.0 Å². The molecule has 1 saturated heterocycles. The Balaban J connectivity index is 1.83. The molecule has 2 N–H and O–H groups in total. The second-order valence-corrected chi connectivity index (χ2v) is 8.30. The predicted octanol–water partition coefficient (Wildman–Crippen LogP) is 0.774. The van der Waals surface area contributed by atoms with Gasteiger partial charge >= 0.3 is 5.97 Å². The van der Waals surface area contributed by atoms with E-state index in [2.05, 4.69) is 14.8 Å². The zero-order valence-electron chi connectivity index (χ0n) is 13.2. The molecule has 1 aliphatic heterocycles. The summed E-state index contributed by atoms with van der Waals surface area (Å²) in [5.41, 5.74) is 1.09. The van der Waals surface area contributed by atoms with Crippen LogP contribution in [0.1, 0.15) is 12.0 Å². The highest BCUT2D eigenvalue weighted by Crippen LogP contribution is 2.16. The first-order chi connectivity index (χ1) is 11.0. The molecular formula is C15H22N2O4S2. The van der Waals surface area contributed by atoms with Crippen molar-refractivity contribution in [3.05, 3.63) is 29.8 Å². The number of esters is 1. The molecule has 0 radical (unpaired) electrons. The normalized spacial score (nSPS) is 21.3. The molecule has 0 aromatic heterocycles. The number of carbonyl (C=O) groups is 1. The molecular weight excluding hydrogens is 336 g/mol. The summed E-state index contributed by atoms with van der Waals surface area (Å²) in [6.07, 6.45) is 2.89. The lowest BCUT2D eigenvalue weighted by atomic mass is 10.2. The molecule has 0 aliphatic carbocycles. The van der Waals surface area contributed by atoms with Crippen LogP contribution in [0.2, 0.25) is 0 Å². The van der Waals surface area contributed by atoms with Gasteiger partial charge in [-0.3, -0.25) is 4.79 Å². The molecule has 0 saturated carbocycles. The Morgan fingerprint density at radius 3 is 2.70 bits per heavy atom. The van der Waals surface area contributed by atoms with Crippen LogP contribution in [0.5, 0.6) is 0 Å². The van der Waals surface area contributed by atoms with E-state index < -0.39 is 27.3 Å². The van der Waals surface area contributed by atoms with Gasteiger partial charge in [0.15, 0.2) is 0 Å². The second kappa shape index (κ2) is 8.14. The van der Waals surface area contributed by atoms with Crippen molar-refractivity contribution in [2.45, 2.75) is 29.0 Å². The Hall–Kier alpha value is -1.09. The van der Waals surface area contributed by atoms with Crippen LogP contribution < -0.4 is 10.0 Å². The number of hydrogen-bond donors (Lipinski definition) is 2. The van der Waals surface area contributed by atoms with Gasteiger partial charge in [-0.2, -0.15) is 0 Å². The van der Waals surface area contributed by atoms with E-state index in [4.69, 9.17) is 0 Å².